The number of thioether (sulfide) groups is 2. The van der Waals surface area contributed by atoms with Crippen molar-refractivity contribution in [2.75, 3.05) is 26.0 Å². The van der Waals surface area contributed by atoms with E-state index in [0.717, 1.165) is 27.8 Å². The topological polar surface area (TPSA) is 77.0 Å². The Balaban J connectivity index is 1.50. The molecule has 1 amide bonds. The van der Waals surface area contributed by atoms with Gasteiger partial charge < -0.3 is 14.8 Å². The standard InChI is InChI=1S/C21H22N2O4S2/c1-26-18-9-5-3-6-15(18)12-23-19(24)13-27-20(25)17-8-4-2-7-16(17)14-29-21-22-10-11-28-21/h2-9H,10-14H2,1H3,(H,23,24). The van der Waals surface area contributed by atoms with Crippen LogP contribution in [0.3, 0.4) is 0 Å². The van der Waals surface area contributed by atoms with Gasteiger partial charge in [-0.1, -0.05) is 59.9 Å². The molecule has 0 atom stereocenters. The van der Waals surface area contributed by atoms with Crippen molar-refractivity contribution in [3.63, 3.8) is 0 Å². The molecule has 0 bridgehead atoms. The first kappa shape index (κ1) is 21.3. The van der Waals surface area contributed by atoms with Crippen LogP contribution in [0.25, 0.3) is 0 Å². The zero-order valence-corrected chi connectivity index (χ0v) is 17.7. The second kappa shape index (κ2) is 10.9. The summed E-state index contributed by atoms with van der Waals surface area (Å²) in [4.78, 5) is 29.0. The van der Waals surface area contributed by atoms with Gasteiger partial charge in [-0.3, -0.25) is 9.79 Å². The molecule has 1 heterocycles. The van der Waals surface area contributed by atoms with E-state index in [9.17, 15) is 9.59 Å². The van der Waals surface area contributed by atoms with Crippen LogP contribution in [-0.4, -0.2) is 42.3 Å². The summed E-state index contributed by atoms with van der Waals surface area (Å²) in [6.07, 6.45) is 0. The third kappa shape index (κ3) is 6.27. The van der Waals surface area contributed by atoms with Crippen molar-refractivity contribution >= 4 is 39.8 Å². The SMILES string of the molecule is COc1ccccc1CNC(=O)COC(=O)c1ccccc1CSC1=NCCS1. The smallest absolute Gasteiger partial charge is 0.338 e. The first-order chi connectivity index (χ1) is 14.2. The minimum Gasteiger partial charge on any atom is -0.496 e. The number of methoxy groups -OCH3 is 1. The van der Waals surface area contributed by atoms with E-state index in [1.807, 2.05) is 36.4 Å². The van der Waals surface area contributed by atoms with Crippen molar-refractivity contribution in [1.29, 1.82) is 0 Å². The normalized spacial score (nSPS) is 12.9. The number of hydrogen-bond donors (Lipinski definition) is 1. The fourth-order valence-electron chi connectivity index (χ4n) is 2.69. The molecule has 0 aromatic heterocycles. The van der Waals surface area contributed by atoms with Crippen LogP contribution in [0.15, 0.2) is 53.5 Å². The summed E-state index contributed by atoms with van der Waals surface area (Å²) >= 11 is 3.35. The largest absolute Gasteiger partial charge is 0.496 e. The fraction of sp³-hybridized carbons (Fsp3) is 0.286. The number of nitrogens with zero attached hydrogens (tertiary/aromatic N) is 1. The summed E-state index contributed by atoms with van der Waals surface area (Å²) in [5.74, 6) is 1.47. The van der Waals surface area contributed by atoms with E-state index in [4.69, 9.17) is 9.47 Å². The highest BCUT2D eigenvalue weighted by Crippen LogP contribution is 2.26. The predicted octanol–water partition coefficient (Wildman–Crippen LogP) is 3.50. The van der Waals surface area contributed by atoms with E-state index in [1.54, 1.807) is 42.8 Å². The highest BCUT2D eigenvalue weighted by atomic mass is 32.2. The van der Waals surface area contributed by atoms with Gasteiger partial charge in [-0.05, 0) is 17.7 Å². The number of carbonyl (C=O) groups excluding carboxylic acids is 2. The van der Waals surface area contributed by atoms with Gasteiger partial charge in [0.1, 0.15) is 10.1 Å². The number of amides is 1. The molecule has 2 aromatic rings. The molecule has 0 radical (unpaired) electrons. The highest BCUT2D eigenvalue weighted by Gasteiger charge is 2.16. The van der Waals surface area contributed by atoms with Crippen molar-refractivity contribution in [2.24, 2.45) is 4.99 Å². The number of para-hydroxylation sites is 1. The van der Waals surface area contributed by atoms with Gasteiger partial charge >= 0.3 is 5.97 Å². The van der Waals surface area contributed by atoms with Gasteiger partial charge in [0.25, 0.3) is 5.91 Å². The maximum atomic E-state index is 12.5. The van der Waals surface area contributed by atoms with Gasteiger partial charge in [-0.15, -0.1) is 0 Å². The molecule has 29 heavy (non-hydrogen) atoms. The number of carbonyl (C=O) groups is 2. The van der Waals surface area contributed by atoms with Gasteiger partial charge in [-0.25, -0.2) is 4.79 Å². The van der Waals surface area contributed by atoms with E-state index < -0.39 is 5.97 Å². The molecule has 152 valence electrons. The van der Waals surface area contributed by atoms with Crippen LogP contribution in [0.5, 0.6) is 5.75 Å². The van der Waals surface area contributed by atoms with Gasteiger partial charge in [0.15, 0.2) is 6.61 Å². The molecule has 3 rings (SSSR count). The maximum Gasteiger partial charge on any atom is 0.338 e. The van der Waals surface area contributed by atoms with Crippen LogP contribution >= 0.6 is 23.5 Å². The number of esters is 1. The summed E-state index contributed by atoms with van der Waals surface area (Å²) in [6, 6.07) is 14.7. The van der Waals surface area contributed by atoms with Crippen molar-refractivity contribution in [3.05, 3.63) is 65.2 Å². The fourth-order valence-corrected chi connectivity index (χ4v) is 4.70. The maximum absolute atomic E-state index is 12.5. The van der Waals surface area contributed by atoms with Gasteiger partial charge in [-0.2, -0.15) is 0 Å². The minimum atomic E-state index is -0.505. The van der Waals surface area contributed by atoms with E-state index in [2.05, 4.69) is 10.3 Å². The Kier molecular flexibility index (Phi) is 8.01. The van der Waals surface area contributed by atoms with Crippen LogP contribution in [0.1, 0.15) is 21.5 Å². The minimum absolute atomic E-state index is 0.299. The molecule has 0 aliphatic carbocycles. The number of nitrogens with one attached hydrogen (secondary N) is 1. The summed E-state index contributed by atoms with van der Waals surface area (Å²) in [7, 11) is 1.58. The Morgan fingerprint density at radius 2 is 1.90 bits per heavy atom. The van der Waals surface area contributed by atoms with E-state index in [1.165, 1.54) is 0 Å². The summed E-state index contributed by atoms with van der Waals surface area (Å²) in [5, 5.41) is 2.74. The monoisotopic (exact) mass is 430 g/mol. The zero-order chi connectivity index (χ0) is 20.5. The summed E-state index contributed by atoms with van der Waals surface area (Å²) in [5.41, 5.74) is 2.19. The molecule has 1 aliphatic heterocycles. The number of aliphatic imine (C=N–C) groups is 1. The molecular weight excluding hydrogens is 408 g/mol. The average Bonchev–Trinajstić information content (AvgIpc) is 3.28. The number of hydrogen-bond acceptors (Lipinski definition) is 7. The molecular formula is C21H22N2O4S2. The Bertz CT molecular complexity index is 902. The third-order valence-electron chi connectivity index (χ3n) is 4.15. The van der Waals surface area contributed by atoms with Crippen LogP contribution in [0, 0.1) is 0 Å². The second-order valence-electron chi connectivity index (χ2n) is 6.11. The van der Waals surface area contributed by atoms with Crippen LogP contribution in [-0.2, 0) is 21.8 Å². The van der Waals surface area contributed by atoms with Crippen LogP contribution in [0.2, 0.25) is 0 Å². The molecule has 6 nitrogen and oxygen atoms in total. The lowest BCUT2D eigenvalue weighted by molar-refractivity contribution is -0.124. The second-order valence-corrected chi connectivity index (χ2v) is 8.41. The van der Waals surface area contributed by atoms with E-state index in [0.29, 0.717) is 23.6 Å². The molecule has 0 fully saturated rings. The molecule has 0 saturated heterocycles. The Morgan fingerprint density at radius 3 is 2.66 bits per heavy atom. The number of ether oxygens (including phenoxy) is 2. The molecule has 0 spiro atoms. The lowest BCUT2D eigenvalue weighted by Gasteiger charge is -2.11. The number of rotatable bonds is 8. The molecule has 0 saturated carbocycles. The van der Waals surface area contributed by atoms with Crippen molar-refractivity contribution in [2.45, 2.75) is 12.3 Å². The third-order valence-corrected chi connectivity index (χ3v) is 6.45. The van der Waals surface area contributed by atoms with Crippen molar-refractivity contribution in [3.8, 4) is 5.75 Å². The first-order valence-electron chi connectivity index (χ1n) is 9.11. The Hall–Kier alpha value is -2.45. The summed E-state index contributed by atoms with van der Waals surface area (Å²) < 4.78 is 11.5. The molecule has 8 heteroatoms. The van der Waals surface area contributed by atoms with E-state index in [-0.39, 0.29) is 12.5 Å². The Morgan fingerprint density at radius 1 is 1.14 bits per heavy atom. The van der Waals surface area contributed by atoms with Crippen LogP contribution in [0.4, 0.5) is 0 Å². The van der Waals surface area contributed by atoms with Gasteiger partial charge in [0, 0.05) is 23.6 Å². The molecule has 2 aromatic carbocycles. The lowest BCUT2D eigenvalue weighted by atomic mass is 10.1. The highest BCUT2D eigenvalue weighted by molar-refractivity contribution is 8.38. The zero-order valence-electron chi connectivity index (χ0n) is 16.1. The van der Waals surface area contributed by atoms with E-state index >= 15 is 0 Å². The van der Waals surface area contributed by atoms with Crippen molar-refractivity contribution in [1.82, 2.24) is 5.32 Å². The quantitative estimate of drug-likeness (QED) is 0.646. The predicted molar refractivity (Wildman–Crippen MR) is 118 cm³/mol. The first-order valence-corrected chi connectivity index (χ1v) is 11.1. The van der Waals surface area contributed by atoms with Crippen molar-refractivity contribution < 1.29 is 19.1 Å². The van der Waals surface area contributed by atoms with Gasteiger partial charge in [0.05, 0.1) is 19.2 Å². The molecule has 1 N–H and O–H groups in total. The molecule has 0 unspecified atom stereocenters. The Labute approximate surface area is 178 Å². The lowest BCUT2D eigenvalue weighted by Crippen LogP contribution is -2.28. The molecule has 1 aliphatic rings. The van der Waals surface area contributed by atoms with Crippen LogP contribution < -0.4 is 10.1 Å². The average molecular weight is 431 g/mol. The van der Waals surface area contributed by atoms with Gasteiger partial charge in [0.2, 0.25) is 0 Å². The number of benzene rings is 2. The summed E-state index contributed by atoms with van der Waals surface area (Å²) in [6.45, 7) is 0.812.